The Morgan fingerprint density at radius 2 is 2.06 bits per heavy atom. The van der Waals surface area contributed by atoms with Gasteiger partial charge in [0, 0.05) is 13.2 Å². The third-order valence-corrected chi connectivity index (χ3v) is 2.80. The van der Waals surface area contributed by atoms with Gasteiger partial charge in [-0.3, -0.25) is 4.79 Å². The van der Waals surface area contributed by atoms with Crippen LogP contribution in [0, 0.1) is 0 Å². The number of carbonyl (C=O) groups excluding carboxylic acids is 1. The van der Waals surface area contributed by atoms with E-state index in [4.69, 9.17) is 4.74 Å². The average Bonchev–Trinajstić information content (AvgIpc) is 2.30. The minimum atomic E-state index is -0.322. The summed E-state index contributed by atoms with van der Waals surface area (Å²) >= 11 is 4.33. The van der Waals surface area contributed by atoms with Crippen LogP contribution in [0.4, 0.5) is 0 Å². The molecule has 0 saturated carbocycles. The maximum atomic E-state index is 11.8. The fraction of sp³-hybridized carbons (Fsp3) is 0.462. The fourth-order valence-corrected chi connectivity index (χ4v) is 1.85. The number of hydrogen-bond donors (Lipinski definition) is 2. The van der Waals surface area contributed by atoms with E-state index < -0.39 is 0 Å². The second kappa shape index (κ2) is 7.35. The minimum Gasteiger partial charge on any atom is -0.383 e. The molecule has 2 unspecified atom stereocenters. The van der Waals surface area contributed by atoms with Crippen LogP contribution in [-0.4, -0.2) is 30.9 Å². The van der Waals surface area contributed by atoms with Crippen molar-refractivity contribution in [1.82, 2.24) is 5.32 Å². The van der Waals surface area contributed by atoms with Gasteiger partial charge in [-0.1, -0.05) is 30.3 Å². The van der Waals surface area contributed by atoms with Crippen molar-refractivity contribution in [3.63, 3.8) is 0 Å². The van der Waals surface area contributed by atoms with Crippen molar-refractivity contribution in [3.05, 3.63) is 35.9 Å². The number of carbonyl (C=O) groups is 1. The maximum Gasteiger partial charge on any atom is 0.233 e. The lowest BCUT2D eigenvalue weighted by atomic mass is 10.1. The van der Waals surface area contributed by atoms with E-state index in [2.05, 4.69) is 17.9 Å². The van der Waals surface area contributed by atoms with Gasteiger partial charge < -0.3 is 10.1 Å². The molecule has 17 heavy (non-hydrogen) atoms. The van der Waals surface area contributed by atoms with Crippen LogP contribution < -0.4 is 5.32 Å². The molecule has 0 spiro atoms. The summed E-state index contributed by atoms with van der Waals surface area (Å²) in [4.78, 5) is 11.8. The molecule has 2 atom stereocenters. The van der Waals surface area contributed by atoms with Crippen LogP contribution in [0.5, 0.6) is 0 Å². The van der Waals surface area contributed by atoms with E-state index in [9.17, 15) is 4.79 Å². The number of benzene rings is 1. The standard InChI is InChI=1S/C13H19NO2S/c1-10(9-16-2)14-13(15)12(17)8-11-6-4-3-5-7-11/h3-7,10,12,17H,8-9H2,1-2H3,(H,14,15). The Bertz CT molecular complexity index is 343. The molecule has 94 valence electrons. The van der Waals surface area contributed by atoms with E-state index in [1.54, 1.807) is 7.11 Å². The molecule has 0 aromatic heterocycles. The molecular weight excluding hydrogens is 234 g/mol. The first-order valence-corrected chi connectivity index (χ1v) is 6.16. The Morgan fingerprint density at radius 3 is 2.65 bits per heavy atom. The van der Waals surface area contributed by atoms with Gasteiger partial charge in [-0.05, 0) is 18.9 Å². The molecule has 0 heterocycles. The van der Waals surface area contributed by atoms with Gasteiger partial charge in [-0.15, -0.1) is 0 Å². The molecule has 0 radical (unpaired) electrons. The summed E-state index contributed by atoms with van der Waals surface area (Å²) in [5, 5.41) is 2.54. The number of nitrogens with one attached hydrogen (secondary N) is 1. The van der Waals surface area contributed by atoms with E-state index >= 15 is 0 Å². The van der Waals surface area contributed by atoms with Gasteiger partial charge in [0.2, 0.25) is 5.91 Å². The highest BCUT2D eigenvalue weighted by molar-refractivity contribution is 7.81. The Kier molecular flexibility index (Phi) is 6.08. The lowest BCUT2D eigenvalue weighted by Crippen LogP contribution is -2.40. The highest BCUT2D eigenvalue weighted by atomic mass is 32.1. The van der Waals surface area contributed by atoms with Crippen LogP contribution in [0.1, 0.15) is 12.5 Å². The molecular formula is C13H19NO2S. The van der Waals surface area contributed by atoms with E-state index in [1.165, 1.54) is 0 Å². The molecule has 3 nitrogen and oxygen atoms in total. The first-order valence-electron chi connectivity index (χ1n) is 5.64. The molecule has 4 heteroatoms. The highest BCUT2D eigenvalue weighted by Gasteiger charge is 2.16. The predicted octanol–water partition coefficient (Wildman–Crippen LogP) is 1.68. The Morgan fingerprint density at radius 1 is 1.41 bits per heavy atom. The van der Waals surface area contributed by atoms with Crippen molar-refractivity contribution in [2.45, 2.75) is 24.6 Å². The number of methoxy groups -OCH3 is 1. The fourth-order valence-electron chi connectivity index (χ4n) is 1.56. The van der Waals surface area contributed by atoms with Gasteiger partial charge in [-0.2, -0.15) is 12.6 Å². The number of amides is 1. The number of rotatable bonds is 6. The van der Waals surface area contributed by atoms with Gasteiger partial charge in [0.05, 0.1) is 11.9 Å². The summed E-state index contributed by atoms with van der Waals surface area (Å²) in [5.41, 5.74) is 1.11. The first kappa shape index (κ1) is 14.1. The Labute approximate surface area is 108 Å². The second-order valence-electron chi connectivity index (χ2n) is 4.07. The number of ether oxygens (including phenoxy) is 1. The summed E-state index contributed by atoms with van der Waals surface area (Å²) in [6, 6.07) is 9.88. The van der Waals surface area contributed by atoms with E-state index in [0.29, 0.717) is 13.0 Å². The molecule has 1 amide bonds. The quantitative estimate of drug-likeness (QED) is 0.757. The zero-order valence-corrected chi connectivity index (χ0v) is 11.1. The smallest absolute Gasteiger partial charge is 0.233 e. The summed E-state index contributed by atoms with van der Waals surface area (Å²) in [7, 11) is 1.62. The van der Waals surface area contributed by atoms with Crippen molar-refractivity contribution >= 4 is 18.5 Å². The van der Waals surface area contributed by atoms with Crippen LogP contribution in [0.3, 0.4) is 0 Å². The van der Waals surface area contributed by atoms with E-state index in [1.807, 2.05) is 37.3 Å². The topological polar surface area (TPSA) is 38.3 Å². The van der Waals surface area contributed by atoms with Gasteiger partial charge in [0.25, 0.3) is 0 Å². The van der Waals surface area contributed by atoms with Crippen molar-refractivity contribution in [1.29, 1.82) is 0 Å². The van der Waals surface area contributed by atoms with Gasteiger partial charge in [0.1, 0.15) is 0 Å². The van der Waals surface area contributed by atoms with Gasteiger partial charge >= 0.3 is 0 Å². The average molecular weight is 253 g/mol. The van der Waals surface area contributed by atoms with Crippen LogP contribution in [0.2, 0.25) is 0 Å². The zero-order valence-electron chi connectivity index (χ0n) is 10.2. The van der Waals surface area contributed by atoms with Crippen LogP contribution >= 0.6 is 12.6 Å². The van der Waals surface area contributed by atoms with Crippen molar-refractivity contribution in [2.24, 2.45) is 0 Å². The van der Waals surface area contributed by atoms with E-state index in [-0.39, 0.29) is 17.2 Å². The zero-order chi connectivity index (χ0) is 12.7. The molecule has 0 aliphatic heterocycles. The van der Waals surface area contributed by atoms with Gasteiger partial charge in [0.15, 0.2) is 0 Å². The van der Waals surface area contributed by atoms with Gasteiger partial charge in [-0.25, -0.2) is 0 Å². The van der Waals surface area contributed by atoms with Crippen molar-refractivity contribution < 1.29 is 9.53 Å². The summed E-state index contributed by atoms with van der Waals surface area (Å²) in [5.74, 6) is -0.0539. The van der Waals surface area contributed by atoms with Crippen LogP contribution in [0.25, 0.3) is 0 Å². The molecule has 1 aromatic rings. The number of hydrogen-bond acceptors (Lipinski definition) is 3. The van der Waals surface area contributed by atoms with Crippen LogP contribution in [0.15, 0.2) is 30.3 Å². The molecule has 1 aromatic carbocycles. The maximum absolute atomic E-state index is 11.8. The van der Waals surface area contributed by atoms with E-state index in [0.717, 1.165) is 5.56 Å². The lowest BCUT2D eigenvalue weighted by molar-refractivity contribution is -0.121. The SMILES string of the molecule is COCC(C)NC(=O)C(S)Cc1ccccc1. The Balaban J connectivity index is 2.42. The molecule has 0 aliphatic rings. The third kappa shape index (κ3) is 5.24. The molecule has 0 fully saturated rings. The third-order valence-electron chi connectivity index (χ3n) is 2.38. The largest absolute Gasteiger partial charge is 0.383 e. The minimum absolute atomic E-state index is 0.0120. The molecule has 0 saturated heterocycles. The molecule has 1 N–H and O–H groups in total. The normalized spacial score (nSPS) is 14.1. The van der Waals surface area contributed by atoms with Crippen molar-refractivity contribution in [3.8, 4) is 0 Å². The summed E-state index contributed by atoms with van der Waals surface area (Å²) in [6.45, 7) is 2.42. The van der Waals surface area contributed by atoms with Crippen molar-refractivity contribution in [2.75, 3.05) is 13.7 Å². The Hall–Kier alpha value is -1.00. The molecule has 0 bridgehead atoms. The number of thiol groups is 1. The second-order valence-corrected chi connectivity index (χ2v) is 4.69. The first-order chi connectivity index (χ1) is 8.13. The monoisotopic (exact) mass is 253 g/mol. The highest BCUT2D eigenvalue weighted by Crippen LogP contribution is 2.08. The molecule has 1 rings (SSSR count). The van der Waals surface area contributed by atoms with Crippen LogP contribution in [-0.2, 0) is 16.0 Å². The summed E-state index contributed by atoms with van der Waals surface area (Å²) < 4.78 is 4.96. The molecule has 0 aliphatic carbocycles. The predicted molar refractivity (Wildman–Crippen MR) is 72.4 cm³/mol. The summed E-state index contributed by atoms with van der Waals surface area (Å²) in [6.07, 6.45) is 0.634. The lowest BCUT2D eigenvalue weighted by Gasteiger charge is -2.16.